The number of nitrogens with zero attached hydrogens (tertiary/aromatic N) is 1. The number of hydrogen-bond donors (Lipinski definition) is 1. The third kappa shape index (κ3) is 2.20. The lowest BCUT2D eigenvalue weighted by Gasteiger charge is -2.27. The molecule has 1 N–H and O–H groups in total. The summed E-state index contributed by atoms with van der Waals surface area (Å²) in [5, 5.41) is 3.47. The minimum Gasteiger partial charge on any atom is -0.493 e. The Morgan fingerprint density at radius 1 is 1.22 bits per heavy atom. The van der Waals surface area contributed by atoms with Crippen molar-refractivity contribution in [3.63, 3.8) is 0 Å². The lowest BCUT2D eigenvalue weighted by molar-refractivity contribution is 0.274. The number of halogens is 1. The SMILES string of the molecule is Brc1cccnc1NC1CCOc2ccccc21. The molecule has 0 fully saturated rings. The summed E-state index contributed by atoms with van der Waals surface area (Å²) in [7, 11) is 0. The second-order valence-corrected chi connectivity index (χ2v) is 5.06. The predicted molar refractivity (Wildman–Crippen MR) is 74.9 cm³/mol. The Labute approximate surface area is 114 Å². The van der Waals surface area contributed by atoms with E-state index < -0.39 is 0 Å². The molecule has 2 aromatic rings. The number of nitrogens with one attached hydrogen (secondary N) is 1. The van der Waals surface area contributed by atoms with Gasteiger partial charge in [0.2, 0.25) is 0 Å². The van der Waals surface area contributed by atoms with E-state index in [1.165, 1.54) is 5.56 Å². The van der Waals surface area contributed by atoms with Gasteiger partial charge in [-0.1, -0.05) is 18.2 Å². The van der Waals surface area contributed by atoms with Gasteiger partial charge in [0.25, 0.3) is 0 Å². The van der Waals surface area contributed by atoms with E-state index in [-0.39, 0.29) is 6.04 Å². The van der Waals surface area contributed by atoms with Crippen molar-refractivity contribution in [3.05, 3.63) is 52.6 Å². The number of hydrogen-bond acceptors (Lipinski definition) is 3. The van der Waals surface area contributed by atoms with Crippen molar-refractivity contribution >= 4 is 21.7 Å². The zero-order valence-corrected chi connectivity index (χ0v) is 11.4. The van der Waals surface area contributed by atoms with Crippen LogP contribution in [-0.2, 0) is 0 Å². The summed E-state index contributed by atoms with van der Waals surface area (Å²) >= 11 is 3.51. The van der Waals surface area contributed by atoms with Crippen molar-refractivity contribution in [1.29, 1.82) is 0 Å². The summed E-state index contributed by atoms with van der Waals surface area (Å²) in [6, 6.07) is 12.3. The second kappa shape index (κ2) is 4.98. The van der Waals surface area contributed by atoms with Crippen LogP contribution < -0.4 is 10.1 Å². The Bertz CT molecular complexity index is 559. The van der Waals surface area contributed by atoms with E-state index in [4.69, 9.17) is 4.74 Å². The average molecular weight is 305 g/mol. The van der Waals surface area contributed by atoms with Crippen LogP contribution in [0.5, 0.6) is 5.75 Å². The third-order valence-electron chi connectivity index (χ3n) is 3.03. The number of ether oxygens (including phenoxy) is 1. The van der Waals surface area contributed by atoms with Crippen LogP contribution in [0, 0.1) is 0 Å². The van der Waals surface area contributed by atoms with Gasteiger partial charge >= 0.3 is 0 Å². The minimum atomic E-state index is 0.251. The molecule has 1 aliphatic heterocycles. The molecule has 0 amide bonds. The number of anilines is 1. The highest BCUT2D eigenvalue weighted by Crippen LogP contribution is 2.34. The number of para-hydroxylation sites is 1. The quantitative estimate of drug-likeness (QED) is 0.917. The standard InChI is InChI=1S/C14H13BrN2O/c15-11-5-3-8-16-14(11)17-12-7-9-18-13-6-2-1-4-10(12)13/h1-6,8,12H,7,9H2,(H,16,17). The Hall–Kier alpha value is -1.55. The molecular weight excluding hydrogens is 292 g/mol. The van der Waals surface area contributed by atoms with E-state index in [2.05, 4.69) is 32.3 Å². The molecule has 1 aromatic carbocycles. The van der Waals surface area contributed by atoms with Crippen molar-refractivity contribution in [2.24, 2.45) is 0 Å². The maximum absolute atomic E-state index is 5.65. The highest BCUT2D eigenvalue weighted by atomic mass is 79.9. The summed E-state index contributed by atoms with van der Waals surface area (Å²) in [4.78, 5) is 4.35. The summed E-state index contributed by atoms with van der Waals surface area (Å²) in [5.41, 5.74) is 1.20. The maximum Gasteiger partial charge on any atom is 0.140 e. The first-order chi connectivity index (χ1) is 8.84. The maximum atomic E-state index is 5.65. The average Bonchev–Trinajstić information content (AvgIpc) is 2.42. The lowest BCUT2D eigenvalue weighted by Crippen LogP contribution is -2.20. The number of fused-ring (bicyclic) bond motifs is 1. The molecule has 2 heterocycles. The number of aromatic nitrogens is 1. The first-order valence-corrected chi connectivity index (χ1v) is 6.72. The van der Waals surface area contributed by atoms with Crippen molar-refractivity contribution < 1.29 is 4.74 Å². The van der Waals surface area contributed by atoms with Crippen LogP contribution in [0.25, 0.3) is 0 Å². The molecule has 18 heavy (non-hydrogen) atoms. The number of rotatable bonds is 2. The van der Waals surface area contributed by atoms with Crippen LogP contribution in [0.15, 0.2) is 47.1 Å². The molecule has 0 radical (unpaired) electrons. The first kappa shape index (κ1) is 11.5. The molecule has 0 aliphatic carbocycles. The van der Waals surface area contributed by atoms with Crippen LogP contribution in [0.4, 0.5) is 5.82 Å². The predicted octanol–water partition coefficient (Wildman–Crippen LogP) is 3.78. The monoisotopic (exact) mass is 304 g/mol. The van der Waals surface area contributed by atoms with Gasteiger partial charge < -0.3 is 10.1 Å². The fourth-order valence-electron chi connectivity index (χ4n) is 2.15. The fourth-order valence-corrected chi connectivity index (χ4v) is 2.52. The molecule has 0 bridgehead atoms. The van der Waals surface area contributed by atoms with Crippen molar-refractivity contribution in [1.82, 2.24) is 4.98 Å². The summed E-state index contributed by atoms with van der Waals surface area (Å²) in [6.07, 6.45) is 2.73. The lowest BCUT2D eigenvalue weighted by atomic mass is 10.0. The second-order valence-electron chi connectivity index (χ2n) is 4.21. The zero-order valence-electron chi connectivity index (χ0n) is 9.77. The van der Waals surface area contributed by atoms with Gasteiger partial charge in [0.1, 0.15) is 11.6 Å². The van der Waals surface area contributed by atoms with Crippen molar-refractivity contribution in [2.75, 3.05) is 11.9 Å². The van der Waals surface area contributed by atoms with Crippen LogP contribution in [0.2, 0.25) is 0 Å². The van der Waals surface area contributed by atoms with Gasteiger partial charge in [-0.2, -0.15) is 0 Å². The van der Waals surface area contributed by atoms with E-state index in [1.54, 1.807) is 6.20 Å². The van der Waals surface area contributed by atoms with E-state index in [0.29, 0.717) is 0 Å². The Morgan fingerprint density at radius 3 is 3.00 bits per heavy atom. The molecular formula is C14H13BrN2O. The van der Waals surface area contributed by atoms with Gasteiger partial charge in [-0.25, -0.2) is 4.98 Å². The molecule has 4 heteroatoms. The molecule has 92 valence electrons. The highest BCUT2D eigenvalue weighted by molar-refractivity contribution is 9.10. The minimum absolute atomic E-state index is 0.251. The molecule has 1 aliphatic rings. The van der Waals surface area contributed by atoms with Crippen LogP contribution in [0.1, 0.15) is 18.0 Å². The summed E-state index contributed by atoms with van der Waals surface area (Å²) in [5.74, 6) is 1.84. The van der Waals surface area contributed by atoms with E-state index >= 15 is 0 Å². The molecule has 0 spiro atoms. The Kier molecular flexibility index (Phi) is 3.19. The topological polar surface area (TPSA) is 34.2 Å². The molecule has 3 nitrogen and oxygen atoms in total. The van der Waals surface area contributed by atoms with Gasteiger partial charge in [-0.15, -0.1) is 0 Å². The molecule has 3 rings (SSSR count). The van der Waals surface area contributed by atoms with E-state index in [1.807, 2.05) is 30.3 Å². The Balaban J connectivity index is 1.89. The van der Waals surface area contributed by atoms with Gasteiger partial charge in [-0.05, 0) is 34.1 Å². The first-order valence-electron chi connectivity index (χ1n) is 5.93. The number of benzene rings is 1. The highest BCUT2D eigenvalue weighted by Gasteiger charge is 2.21. The molecule has 0 saturated carbocycles. The van der Waals surface area contributed by atoms with Crippen LogP contribution >= 0.6 is 15.9 Å². The van der Waals surface area contributed by atoms with E-state index in [9.17, 15) is 0 Å². The van der Waals surface area contributed by atoms with Gasteiger partial charge in [0.15, 0.2) is 0 Å². The summed E-state index contributed by atoms with van der Waals surface area (Å²) in [6.45, 7) is 0.735. The van der Waals surface area contributed by atoms with Gasteiger partial charge in [0, 0.05) is 18.2 Å². The molecule has 1 atom stereocenters. The smallest absolute Gasteiger partial charge is 0.140 e. The zero-order chi connectivity index (χ0) is 12.4. The Morgan fingerprint density at radius 2 is 2.11 bits per heavy atom. The molecule has 1 aromatic heterocycles. The molecule has 1 unspecified atom stereocenters. The fraction of sp³-hybridized carbons (Fsp3) is 0.214. The largest absolute Gasteiger partial charge is 0.493 e. The summed E-state index contributed by atoms with van der Waals surface area (Å²) < 4.78 is 6.63. The van der Waals surface area contributed by atoms with Gasteiger partial charge in [-0.3, -0.25) is 0 Å². The van der Waals surface area contributed by atoms with Gasteiger partial charge in [0.05, 0.1) is 17.1 Å². The van der Waals surface area contributed by atoms with Crippen LogP contribution in [0.3, 0.4) is 0 Å². The van der Waals surface area contributed by atoms with Crippen LogP contribution in [-0.4, -0.2) is 11.6 Å². The van der Waals surface area contributed by atoms with Crippen molar-refractivity contribution in [2.45, 2.75) is 12.5 Å². The normalized spacial score (nSPS) is 17.7. The third-order valence-corrected chi connectivity index (χ3v) is 3.67. The van der Waals surface area contributed by atoms with E-state index in [0.717, 1.165) is 29.1 Å². The van der Waals surface area contributed by atoms with Crippen molar-refractivity contribution in [3.8, 4) is 5.75 Å². The molecule has 0 saturated heterocycles. The number of pyridine rings is 1.